The predicted molar refractivity (Wildman–Crippen MR) is 151 cm³/mol. The Bertz CT molecular complexity index is 1140. The van der Waals surface area contributed by atoms with Gasteiger partial charge in [-0.05, 0) is 76.9 Å². The zero-order valence-corrected chi connectivity index (χ0v) is 24.6. The molecule has 1 aromatic heterocycles. The Hall–Kier alpha value is -2.18. The Morgan fingerprint density at radius 1 is 1.24 bits per heavy atom. The van der Waals surface area contributed by atoms with E-state index in [1.807, 2.05) is 21.0 Å². The first-order valence-corrected chi connectivity index (χ1v) is 15.4. The lowest BCUT2D eigenvalue weighted by Gasteiger charge is -2.35. The average molecular weight is 568 g/mol. The molecule has 1 aliphatic heterocycles. The number of nitrogens with zero attached hydrogens (tertiary/aromatic N) is 2. The van der Waals surface area contributed by atoms with Crippen molar-refractivity contribution in [2.75, 3.05) is 45.1 Å². The third kappa shape index (κ3) is 8.16. The fourth-order valence-electron chi connectivity index (χ4n) is 4.43. The summed E-state index contributed by atoms with van der Waals surface area (Å²) in [6.07, 6.45) is 2.36. The van der Waals surface area contributed by atoms with Crippen molar-refractivity contribution in [1.29, 1.82) is 0 Å². The van der Waals surface area contributed by atoms with Gasteiger partial charge in [-0.1, -0.05) is 13.0 Å². The quantitative estimate of drug-likeness (QED) is 0.522. The molecule has 0 saturated heterocycles. The molecule has 0 spiro atoms. The first-order valence-electron chi connectivity index (χ1n) is 13.1. The monoisotopic (exact) mass is 567 g/mol. The summed E-state index contributed by atoms with van der Waals surface area (Å²) < 4.78 is 40.9. The van der Waals surface area contributed by atoms with Crippen molar-refractivity contribution in [2.24, 2.45) is 5.92 Å². The van der Waals surface area contributed by atoms with Gasteiger partial charge in [0.15, 0.2) is 0 Å². The van der Waals surface area contributed by atoms with Gasteiger partial charge in [-0.2, -0.15) is 0 Å². The smallest absolute Gasteiger partial charge is 0.271 e. The highest BCUT2D eigenvalue weighted by Gasteiger charge is 2.30. The minimum Gasteiger partial charge on any atom is -0.490 e. The maximum Gasteiger partial charge on any atom is 0.271 e. The number of benzene rings is 1. The van der Waals surface area contributed by atoms with Crippen molar-refractivity contribution in [3.05, 3.63) is 41.3 Å². The van der Waals surface area contributed by atoms with E-state index in [0.717, 1.165) is 30.6 Å². The number of hydrogen-bond acceptors (Lipinski definition) is 8. The van der Waals surface area contributed by atoms with E-state index in [-0.39, 0.29) is 46.1 Å². The number of thiophene rings is 1. The van der Waals surface area contributed by atoms with E-state index in [4.69, 9.17) is 9.47 Å². The molecule has 11 heteroatoms. The number of carbonyl (C=O) groups is 1. The van der Waals surface area contributed by atoms with Gasteiger partial charge in [-0.25, -0.2) is 8.42 Å². The number of hydrogen-bond donors (Lipinski definition) is 2. The van der Waals surface area contributed by atoms with E-state index in [1.165, 1.54) is 12.1 Å². The topological polar surface area (TPSA) is 108 Å². The van der Waals surface area contributed by atoms with Crippen molar-refractivity contribution in [3.63, 3.8) is 0 Å². The Labute approximate surface area is 230 Å². The molecule has 1 aliphatic rings. The van der Waals surface area contributed by atoms with Gasteiger partial charge in [-0.15, -0.1) is 11.3 Å². The van der Waals surface area contributed by atoms with Crippen LogP contribution in [0.5, 0.6) is 5.75 Å². The Morgan fingerprint density at radius 3 is 2.66 bits per heavy atom. The van der Waals surface area contributed by atoms with Crippen LogP contribution in [-0.2, 0) is 14.8 Å². The normalized spacial score (nSPS) is 22.9. The zero-order chi connectivity index (χ0) is 27.9. The number of ether oxygens (including phenoxy) is 2. The summed E-state index contributed by atoms with van der Waals surface area (Å²) in [6, 6.07) is 7.51. The second-order valence-electron chi connectivity index (χ2n) is 10.3. The van der Waals surface area contributed by atoms with E-state index in [9.17, 15) is 18.3 Å². The van der Waals surface area contributed by atoms with Crippen LogP contribution in [0.1, 0.15) is 50.4 Å². The predicted octanol–water partition coefficient (Wildman–Crippen LogP) is 3.91. The third-order valence-electron chi connectivity index (χ3n) is 6.61. The molecule has 0 unspecified atom stereocenters. The van der Waals surface area contributed by atoms with E-state index < -0.39 is 16.1 Å². The highest BCUT2D eigenvalue weighted by atomic mass is 32.2. The highest BCUT2D eigenvalue weighted by Crippen LogP contribution is 2.30. The number of carbonyl (C=O) groups excluding carboxylic acids is 1. The number of anilines is 1. The molecule has 1 aromatic carbocycles. The summed E-state index contributed by atoms with van der Waals surface area (Å²) in [4.78, 5) is 17.7. The van der Waals surface area contributed by atoms with Crippen molar-refractivity contribution >= 4 is 33.0 Å². The molecule has 2 aromatic rings. The zero-order valence-electron chi connectivity index (χ0n) is 22.9. The minimum absolute atomic E-state index is 0.0119. The molecule has 2 N–H and O–H groups in total. The lowest BCUT2D eigenvalue weighted by Crippen LogP contribution is -2.47. The maximum atomic E-state index is 14.0. The van der Waals surface area contributed by atoms with Crippen LogP contribution in [0.15, 0.2) is 39.9 Å². The number of sulfonamides is 1. The standard InChI is InChI=1S/C27H41N3O6S2/c1-19-16-30(20(2)18-31)27(32)23-15-22(28-38(33,34)26-10-8-14-37-26)11-12-24(23)36-21(3)9-6-7-13-35-25(19)17-29(4)5/h8,10-12,14-15,19-21,25,28,31H,6-7,9,13,16-18H2,1-5H3/t19-,20+,21+,25+/m1/s1. The van der Waals surface area contributed by atoms with Crippen LogP contribution in [0.25, 0.3) is 0 Å². The molecule has 1 amide bonds. The van der Waals surface area contributed by atoms with Crippen LogP contribution in [0, 0.1) is 5.92 Å². The summed E-state index contributed by atoms with van der Waals surface area (Å²) in [5.74, 6) is 0.0445. The van der Waals surface area contributed by atoms with Crippen molar-refractivity contribution in [2.45, 2.75) is 62.5 Å². The van der Waals surface area contributed by atoms with Crippen LogP contribution < -0.4 is 9.46 Å². The first kappa shape index (κ1) is 30.4. The maximum absolute atomic E-state index is 14.0. The molecule has 9 nitrogen and oxygen atoms in total. The van der Waals surface area contributed by atoms with Gasteiger partial charge >= 0.3 is 0 Å². The molecular formula is C27H41N3O6S2. The number of aliphatic hydroxyl groups excluding tert-OH is 1. The fraction of sp³-hybridized carbons (Fsp3) is 0.593. The van der Waals surface area contributed by atoms with E-state index in [1.54, 1.807) is 35.4 Å². The van der Waals surface area contributed by atoms with E-state index >= 15 is 0 Å². The molecular weight excluding hydrogens is 526 g/mol. The molecule has 38 heavy (non-hydrogen) atoms. The fourth-order valence-corrected chi connectivity index (χ4v) is 6.47. The first-order chi connectivity index (χ1) is 18.0. The number of fused-ring (bicyclic) bond motifs is 1. The van der Waals surface area contributed by atoms with Gasteiger partial charge < -0.3 is 24.4 Å². The van der Waals surface area contributed by atoms with Crippen molar-refractivity contribution in [3.8, 4) is 5.75 Å². The van der Waals surface area contributed by atoms with Crippen LogP contribution in [0.4, 0.5) is 5.69 Å². The molecule has 0 bridgehead atoms. The molecule has 0 radical (unpaired) electrons. The largest absolute Gasteiger partial charge is 0.490 e. The van der Waals surface area contributed by atoms with Crippen LogP contribution in [-0.4, -0.2) is 87.9 Å². The summed E-state index contributed by atoms with van der Waals surface area (Å²) in [5, 5.41) is 11.7. The van der Waals surface area contributed by atoms with E-state index in [0.29, 0.717) is 25.4 Å². The second kappa shape index (κ2) is 13.7. The van der Waals surface area contributed by atoms with Crippen molar-refractivity contribution < 1.29 is 27.8 Å². The number of rotatable bonds is 7. The molecule has 4 atom stereocenters. The SMILES string of the molecule is C[C@@H]1CN([C@@H](C)CO)C(=O)c2cc(NS(=O)(=O)c3cccs3)ccc2O[C@@H](C)CCCCO[C@H]1CN(C)C. The highest BCUT2D eigenvalue weighted by molar-refractivity contribution is 7.94. The summed E-state index contributed by atoms with van der Waals surface area (Å²) >= 11 is 1.12. The van der Waals surface area contributed by atoms with Gasteiger partial charge in [0.2, 0.25) is 0 Å². The van der Waals surface area contributed by atoms with Crippen LogP contribution in [0.2, 0.25) is 0 Å². The third-order valence-corrected chi connectivity index (χ3v) is 9.39. The van der Waals surface area contributed by atoms with Crippen molar-refractivity contribution in [1.82, 2.24) is 9.80 Å². The Morgan fingerprint density at radius 2 is 2.00 bits per heavy atom. The lowest BCUT2D eigenvalue weighted by molar-refractivity contribution is -0.0137. The van der Waals surface area contributed by atoms with Gasteiger partial charge in [0.05, 0.1) is 30.4 Å². The van der Waals surface area contributed by atoms with Crippen LogP contribution >= 0.6 is 11.3 Å². The summed E-state index contributed by atoms with van der Waals surface area (Å²) in [6.45, 7) is 7.29. The van der Waals surface area contributed by atoms with Gasteiger partial charge in [0.1, 0.15) is 9.96 Å². The number of aliphatic hydroxyl groups is 1. The Balaban J connectivity index is 2.01. The van der Waals surface area contributed by atoms with Gasteiger partial charge in [-0.3, -0.25) is 9.52 Å². The molecule has 0 aliphatic carbocycles. The number of likely N-dealkylation sites (N-methyl/N-ethyl adjacent to an activating group) is 1. The lowest BCUT2D eigenvalue weighted by atomic mass is 10.0. The molecule has 212 valence electrons. The summed E-state index contributed by atoms with van der Waals surface area (Å²) in [7, 11) is 0.195. The summed E-state index contributed by atoms with van der Waals surface area (Å²) in [5.41, 5.74) is 0.513. The minimum atomic E-state index is -3.79. The van der Waals surface area contributed by atoms with Crippen LogP contribution in [0.3, 0.4) is 0 Å². The molecule has 3 rings (SSSR count). The molecule has 0 saturated carbocycles. The molecule has 2 heterocycles. The molecule has 0 fully saturated rings. The van der Waals surface area contributed by atoms with E-state index in [2.05, 4.69) is 16.5 Å². The van der Waals surface area contributed by atoms with Gasteiger partial charge in [0, 0.05) is 31.3 Å². The van der Waals surface area contributed by atoms with Gasteiger partial charge in [0.25, 0.3) is 15.9 Å². The average Bonchev–Trinajstić information content (AvgIpc) is 3.42. The number of amides is 1. The Kier molecular flexibility index (Phi) is 11.0. The second-order valence-corrected chi connectivity index (χ2v) is 13.2. The number of nitrogens with one attached hydrogen (secondary N) is 1.